The van der Waals surface area contributed by atoms with Crippen molar-refractivity contribution in [1.82, 2.24) is 9.80 Å². The zero-order chi connectivity index (χ0) is 11.3. The first-order valence-electron chi connectivity index (χ1n) is 5.65. The Morgan fingerprint density at radius 3 is 2.80 bits per heavy atom. The molecule has 1 aliphatic heterocycles. The van der Waals surface area contributed by atoms with Crippen molar-refractivity contribution in [2.45, 2.75) is 31.7 Å². The summed E-state index contributed by atoms with van der Waals surface area (Å²) in [5.74, 6) is 0.221. The van der Waals surface area contributed by atoms with Crippen LogP contribution in [0.2, 0.25) is 0 Å². The molecular formula is C11H21ClN2O. The molecule has 1 atom stereocenters. The SMILES string of the molecule is CN(C)CCC1CCCCN1C(=O)CCl. The van der Waals surface area contributed by atoms with Gasteiger partial charge >= 0.3 is 0 Å². The molecule has 0 aromatic heterocycles. The van der Waals surface area contributed by atoms with E-state index in [1.807, 2.05) is 4.90 Å². The number of alkyl halides is 1. The Morgan fingerprint density at radius 2 is 2.20 bits per heavy atom. The average molecular weight is 233 g/mol. The van der Waals surface area contributed by atoms with Gasteiger partial charge in [-0.25, -0.2) is 0 Å². The van der Waals surface area contributed by atoms with E-state index in [0.717, 1.165) is 32.4 Å². The summed E-state index contributed by atoms with van der Waals surface area (Å²) < 4.78 is 0. The normalized spacial score (nSPS) is 22.1. The summed E-state index contributed by atoms with van der Waals surface area (Å²) in [6, 6.07) is 0.410. The van der Waals surface area contributed by atoms with Crippen LogP contribution in [-0.4, -0.2) is 54.8 Å². The summed E-state index contributed by atoms with van der Waals surface area (Å²) in [6.07, 6.45) is 4.57. The molecule has 0 aliphatic carbocycles. The molecule has 3 nitrogen and oxygen atoms in total. The smallest absolute Gasteiger partial charge is 0.237 e. The number of halogens is 1. The number of carbonyl (C=O) groups is 1. The monoisotopic (exact) mass is 232 g/mol. The van der Waals surface area contributed by atoms with Gasteiger partial charge in [0.25, 0.3) is 0 Å². The van der Waals surface area contributed by atoms with E-state index in [-0.39, 0.29) is 11.8 Å². The Balaban J connectivity index is 2.46. The third-order valence-electron chi connectivity index (χ3n) is 2.97. The molecule has 0 N–H and O–H groups in total. The van der Waals surface area contributed by atoms with Crippen LogP contribution in [0.3, 0.4) is 0 Å². The lowest BCUT2D eigenvalue weighted by Crippen LogP contribution is -2.45. The van der Waals surface area contributed by atoms with E-state index in [0.29, 0.717) is 6.04 Å². The highest BCUT2D eigenvalue weighted by Crippen LogP contribution is 2.20. The maximum atomic E-state index is 11.6. The van der Waals surface area contributed by atoms with Crippen LogP contribution in [0.1, 0.15) is 25.7 Å². The molecule has 88 valence electrons. The Kier molecular flexibility index (Phi) is 5.40. The molecule has 15 heavy (non-hydrogen) atoms. The summed E-state index contributed by atoms with van der Waals surface area (Å²) in [4.78, 5) is 15.7. The van der Waals surface area contributed by atoms with Gasteiger partial charge < -0.3 is 9.80 Å². The minimum atomic E-state index is 0.0973. The summed E-state index contributed by atoms with van der Waals surface area (Å²) in [5, 5.41) is 0. The summed E-state index contributed by atoms with van der Waals surface area (Å²) >= 11 is 5.61. The molecule has 1 unspecified atom stereocenters. The number of carbonyl (C=O) groups excluding carboxylic acids is 1. The van der Waals surface area contributed by atoms with Gasteiger partial charge in [-0.1, -0.05) is 0 Å². The van der Waals surface area contributed by atoms with Crippen molar-refractivity contribution in [1.29, 1.82) is 0 Å². The topological polar surface area (TPSA) is 23.6 Å². The highest BCUT2D eigenvalue weighted by Gasteiger charge is 2.25. The summed E-state index contributed by atoms with van der Waals surface area (Å²) in [5.41, 5.74) is 0. The second-order valence-corrected chi connectivity index (χ2v) is 4.73. The average Bonchev–Trinajstić information content (AvgIpc) is 2.25. The van der Waals surface area contributed by atoms with Crippen LogP contribution >= 0.6 is 11.6 Å². The standard InChI is InChI=1S/C11H21ClN2O/c1-13(2)8-6-10-5-3-4-7-14(10)11(15)9-12/h10H,3-9H2,1-2H3. The van der Waals surface area contributed by atoms with Crippen molar-refractivity contribution in [3.63, 3.8) is 0 Å². The first kappa shape index (κ1) is 12.8. The lowest BCUT2D eigenvalue weighted by Gasteiger charge is -2.36. The van der Waals surface area contributed by atoms with Crippen LogP contribution in [-0.2, 0) is 4.79 Å². The number of amides is 1. The molecule has 1 heterocycles. The highest BCUT2D eigenvalue weighted by atomic mass is 35.5. The van der Waals surface area contributed by atoms with Gasteiger partial charge in [0.2, 0.25) is 5.91 Å². The second-order valence-electron chi connectivity index (χ2n) is 4.46. The lowest BCUT2D eigenvalue weighted by atomic mass is 9.99. The quantitative estimate of drug-likeness (QED) is 0.687. The molecule has 0 radical (unpaired) electrons. The molecule has 4 heteroatoms. The molecule has 1 saturated heterocycles. The van der Waals surface area contributed by atoms with Crippen molar-refractivity contribution in [3.05, 3.63) is 0 Å². The van der Waals surface area contributed by atoms with Crippen molar-refractivity contribution < 1.29 is 4.79 Å². The number of nitrogens with zero attached hydrogens (tertiary/aromatic N) is 2. The molecule has 0 spiro atoms. The molecule has 1 amide bonds. The van der Waals surface area contributed by atoms with E-state index in [9.17, 15) is 4.79 Å². The van der Waals surface area contributed by atoms with Gasteiger partial charge in [-0.2, -0.15) is 0 Å². The van der Waals surface area contributed by atoms with Crippen molar-refractivity contribution in [2.24, 2.45) is 0 Å². The molecule has 0 aromatic carbocycles. The van der Waals surface area contributed by atoms with Crippen LogP contribution in [0, 0.1) is 0 Å². The summed E-state index contributed by atoms with van der Waals surface area (Å²) in [6.45, 7) is 1.93. The highest BCUT2D eigenvalue weighted by molar-refractivity contribution is 6.27. The van der Waals surface area contributed by atoms with Gasteiger partial charge in [-0.3, -0.25) is 4.79 Å². The molecule has 1 aliphatic rings. The minimum Gasteiger partial charge on any atom is -0.339 e. The molecular weight excluding hydrogens is 212 g/mol. The largest absolute Gasteiger partial charge is 0.339 e. The number of hydrogen-bond acceptors (Lipinski definition) is 2. The fraction of sp³-hybridized carbons (Fsp3) is 0.909. The Labute approximate surface area is 97.4 Å². The zero-order valence-corrected chi connectivity index (χ0v) is 10.5. The zero-order valence-electron chi connectivity index (χ0n) is 9.71. The van der Waals surface area contributed by atoms with Crippen LogP contribution in [0.5, 0.6) is 0 Å². The summed E-state index contributed by atoms with van der Waals surface area (Å²) in [7, 11) is 4.13. The Bertz CT molecular complexity index is 209. The number of likely N-dealkylation sites (tertiary alicyclic amines) is 1. The van der Waals surface area contributed by atoms with Crippen molar-refractivity contribution >= 4 is 17.5 Å². The number of rotatable bonds is 4. The lowest BCUT2D eigenvalue weighted by molar-refractivity contribution is -0.132. The Hall–Kier alpha value is -0.280. The van der Waals surface area contributed by atoms with Gasteiger partial charge in [-0.15, -0.1) is 11.6 Å². The van der Waals surface area contributed by atoms with Gasteiger partial charge in [0.1, 0.15) is 5.88 Å². The predicted octanol–water partition coefficient (Wildman–Crippen LogP) is 1.56. The maximum Gasteiger partial charge on any atom is 0.237 e. The van der Waals surface area contributed by atoms with Crippen LogP contribution in [0.25, 0.3) is 0 Å². The van der Waals surface area contributed by atoms with Gasteiger partial charge in [0.05, 0.1) is 0 Å². The third kappa shape index (κ3) is 3.99. The predicted molar refractivity (Wildman–Crippen MR) is 63.2 cm³/mol. The number of hydrogen-bond donors (Lipinski definition) is 0. The van der Waals surface area contributed by atoms with Crippen molar-refractivity contribution in [2.75, 3.05) is 33.1 Å². The van der Waals surface area contributed by atoms with Gasteiger partial charge in [0.15, 0.2) is 0 Å². The fourth-order valence-electron chi connectivity index (χ4n) is 2.11. The Morgan fingerprint density at radius 1 is 1.47 bits per heavy atom. The molecule has 1 rings (SSSR count). The minimum absolute atomic E-state index is 0.0973. The van der Waals surface area contributed by atoms with Gasteiger partial charge in [-0.05, 0) is 46.3 Å². The van der Waals surface area contributed by atoms with E-state index in [4.69, 9.17) is 11.6 Å². The van der Waals surface area contributed by atoms with Crippen LogP contribution in [0.4, 0.5) is 0 Å². The molecule has 0 bridgehead atoms. The molecule has 0 saturated carbocycles. The van der Waals surface area contributed by atoms with E-state index >= 15 is 0 Å². The van der Waals surface area contributed by atoms with Crippen molar-refractivity contribution in [3.8, 4) is 0 Å². The fourth-order valence-corrected chi connectivity index (χ4v) is 2.27. The van der Waals surface area contributed by atoms with Crippen LogP contribution in [0.15, 0.2) is 0 Å². The van der Waals surface area contributed by atoms with E-state index < -0.39 is 0 Å². The van der Waals surface area contributed by atoms with E-state index in [2.05, 4.69) is 19.0 Å². The van der Waals surface area contributed by atoms with Crippen LogP contribution < -0.4 is 0 Å². The maximum absolute atomic E-state index is 11.6. The van der Waals surface area contributed by atoms with E-state index in [1.165, 1.54) is 6.42 Å². The van der Waals surface area contributed by atoms with Gasteiger partial charge in [0, 0.05) is 12.6 Å². The first-order chi connectivity index (χ1) is 7.15. The first-order valence-corrected chi connectivity index (χ1v) is 6.18. The molecule has 1 fully saturated rings. The third-order valence-corrected chi connectivity index (χ3v) is 3.20. The second kappa shape index (κ2) is 6.33. The van der Waals surface area contributed by atoms with E-state index in [1.54, 1.807) is 0 Å². The molecule has 0 aromatic rings. The number of piperidine rings is 1.